The smallest absolute Gasteiger partial charge is 0.383 e. The number of carbonyl (C=O) groups excluding carboxylic acids is 1. The number of aliphatic hydroxyl groups is 1. The third-order valence-corrected chi connectivity index (χ3v) is 10.0. The molecule has 0 radical (unpaired) electrons. The number of carbonyl (C=O) groups is 1. The second-order valence-electron chi connectivity index (χ2n) is 11.2. The number of halogens is 5. The van der Waals surface area contributed by atoms with Crippen molar-refractivity contribution in [3.05, 3.63) is 58.2 Å². The van der Waals surface area contributed by atoms with E-state index in [0.29, 0.717) is 36.8 Å². The van der Waals surface area contributed by atoms with Crippen LogP contribution >= 0.6 is 0 Å². The van der Waals surface area contributed by atoms with E-state index in [2.05, 4.69) is 0 Å². The van der Waals surface area contributed by atoms with Gasteiger partial charge in [0.1, 0.15) is 5.60 Å². The minimum Gasteiger partial charge on any atom is -0.383 e. The highest BCUT2D eigenvalue weighted by molar-refractivity contribution is 7.78. The summed E-state index contributed by atoms with van der Waals surface area (Å²) in [5.41, 5.74) is -0.759. The number of fused-ring (bicyclic) bond motifs is 4. The van der Waals surface area contributed by atoms with E-state index in [1.54, 1.807) is 30.3 Å². The van der Waals surface area contributed by atoms with Gasteiger partial charge < -0.3 is 9.66 Å². The molecular weight excluding hydrogens is 515 g/mol. The molecule has 4 aliphatic carbocycles. The summed E-state index contributed by atoms with van der Waals surface area (Å²) in [6.07, 6.45) is -3.05. The zero-order chi connectivity index (χ0) is 27.0. The number of alkyl halides is 5. The van der Waals surface area contributed by atoms with Crippen molar-refractivity contribution < 1.29 is 40.6 Å². The number of benzene rings is 1. The van der Waals surface area contributed by atoms with E-state index in [0.717, 1.165) is 16.7 Å². The van der Waals surface area contributed by atoms with Gasteiger partial charge in [0.15, 0.2) is 16.9 Å². The highest BCUT2D eigenvalue weighted by Gasteiger charge is 2.79. The lowest BCUT2D eigenvalue weighted by Gasteiger charge is -2.56. The SMILES string of the molecule is C[C@]12C[C@H](c3ccc(CS(=O)O)cc3)C3=C4CCC(=O)C=C4CC[C@H]3[C@@H]1CC[C@]2(O)C(F)(F)C(F)(F)F. The zero-order valence-electron chi connectivity index (χ0n) is 20.3. The van der Waals surface area contributed by atoms with Crippen LogP contribution in [0.1, 0.15) is 68.9 Å². The Kier molecular flexibility index (Phi) is 6.35. The van der Waals surface area contributed by atoms with E-state index in [1.807, 2.05) is 0 Å². The molecule has 4 nitrogen and oxygen atoms in total. The van der Waals surface area contributed by atoms with Crippen molar-refractivity contribution in [2.24, 2.45) is 17.3 Å². The van der Waals surface area contributed by atoms with Gasteiger partial charge in [0.25, 0.3) is 0 Å². The van der Waals surface area contributed by atoms with Gasteiger partial charge in [0, 0.05) is 17.8 Å². The van der Waals surface area contributed by atoms with Gasteiger partial charge in [-0.2, -0.15) is 22.0 Å². The van der Waals surface area contributed by atoms with Crippen LogP contribution in [0, 0.1) is 17.3 Å². The molecule has 1 aromatic rings. The zero-order valence-corrected chi connectivity index (χ0v) is 21.1. The maximum Gasteiger partial charge on any atom is 0.456 e. The van der Waals surface area contributed by atoms with Crippen LogP contribution in [-0.2, 0) is 21.6 Å². The molecule has 2 saturated carbocycles. The van der Waals surface area contributed by atoms with Gasteiger partial charge in [-0.1, -0.05) is 36.8 Å². The summed E-state index contributed by atoms with van der Waals surface area (Å²) in [6, 6.07) is 6.77. The third kappa shape index (κ3) is 3.97. The number of ketones is 1. The third-order valence-electron chi connectivity index (χ3n) is 9.43. The Labute approximate surface area is 214 Å². The molecule has 0 spiro atoms. The predicted octanol–water partition coefficient (Wildman–Crippen LogP) is 6.24. The lowest BCUT2D eigenvalue weighted by atomic mass is 9.50. The summed E-state index contributed by atoms with van der Waals surface area (Å²) in [4.78, 5) is 12.1. The first-order valence-electron chi connectivity index (χ1n) is 12.5. The Morgan fingerprint density at radius 1 is 1.05 bits per heavy atom. The summed E-state index contributed by atoms with van der Waals surface area (Å²) in [5, 5.41) is 11.3. The number of hydrogen-bond acceptors (Lipinski definition) is 3. The molecule has 4 aliphatic rings. The van der Waals surface area contributed by atoms with Crippen LogP contribution < -0.4 is 0 Å². The molecule has 0 heterocycles. The van der Waals surface area contributed by atoms with Crippen LogP contribution in [0.5, 0.6) is 0 Å². The van der Waals surface area contributed by atoms with Gasteiger partial charge >= 0.3 is 12.1 Å². The first-order chi connectivity index (χ1) is 17.2. The standard InChI is InChI=1S/C27H29F5O4S/c1-24-13-21(16-4-2-15(3-5-16)14-37(35)36)23-19-9-7-18(33)12-17(19)6-8-20(23)22(24)10-11-25(24,34)26(28,29)27(30,31)32/h2-5,12,20-22,34H,6-11,13-14H2,1H3,(H,35,36)/t20-,21+,22-,24-,25+/m0/s1. The summed E-state index contributed by atoms with van der Waals surface area (Å²) >= 11 is -2.05. The molecule has 202 valence electrons. The molecular formula is C27H29F5O4S. The monoisotopic (exact) mass is 544 g/mol. The Morgan fingerprint density at radius 3 is 2.35 bits per heavy atom. The molecule has 2 N–H and O–H groups in total. The predicted molar refractivity (Wildman–Crippen MR) is 127 cm³/mol. The van der Waals surface area contributed by atoms with Gasteiger partial charge in [0.05, 0.1) is 5.75 Å². The summed E-state index contributed by atoms with van der Waals surface area (Å²) in [7, 11) is 0. The minimum absolute atomic E-state index is 0.0245. The molecule has 1 aromatic carbocycles. The topological polar surface area (TPSA) is 74.6 Å². The van der Waals surface area contributed by atoms with Crippen LogP contribution in [0.2, 0.25) is 0 Å². The average molecular weight is 545 g/mol. The molecule has 0 saturated heterocycles. The van der Waals surface area contributed by atoms with Crippen molar-refractivity contribution >= 4 is 16.9 Å². The van der Waals surface area contributed by atoms with E-state index in [9.17, 15) is 40.6 Å². The van der Waals surface area contributed by atoms with Gasteiger partial charge in [-0.15, -0.1) is 0 Å². The second-order valence-corrected chi connectivity index (χ2v) is 12.1. The van der Waals surface area contributed by atoms with E-state index in [1.165, 1.54) is 6.92 Å². The summed E-state index contributed by atoms with van der Waals surface area (Å²) in [5.74, 6) is -6.71. The fourth-order valence-corrected chi connectivity index (χ4v) is 8.18. The van der Waals surface area contributed by atoms with E-state index in [4.69, 9.17) is 0 Å². The Balaban J connectivity index is 1.66. The number of allylic oxidation sites excluding steroid dienone is 4. The lowest BCUT2D eigenvalue weighted by molar-refractivity contribution is -0.362. The first kappa shape index (κ1) is 26.7. The highest BCUT2D eigenvalue weighted by Crippen LogP contribution is 2.70. The lowest BCUT2D eigenvalue weighted by Crippen LogP contribution is -2.65. The van der Waals surface area contributed by atoms with Gasteiger partial charge in [-0.25, -0.2) is 4.21 Å². The molecule has 0 amide bonds. The van der Waals surface area contributed by atoms with Crippen molar-refractivity contribution in [3.63, 3.8) is 0 Å². The quantitative estimate of drug-likeness (QED) is 0.348. The van der Waals surface area contributed by atoms with E-state index in [-0.39, 0.29) is 30.3 Å². The fourth-order valence-electron chi connectivity index (χ4n) is 7.70. The largest absolute Gasteiger partial charge is 0.456 e. The molecule has 5 rings (SSSR count). The van der Waals surface area contributed by atoms with Crippen LogP contribution in [-0.4, -0.2) is 37.4 Å². The molecule has 1 unspecified atom stereocenters. The molecule has 0 bridgehead atoms. The van der Waals surface area contributed by atoms with Crippen LogP contribution in [0.25, 0.3) is 0 Å². The van der Waals surface area contributed by atoms with Crippen molar-refractivity contribution in [1.29, 1.82) is 0 Å². The summed E-state index contributed by atoms with van der Waals surface area (Å²) in [6.45, 7) is 1.39. The number of hydrogen-bond donors (Lipinski definition) is 2. The van der Waals surface area contributed by atoms with Gasteiger partial charge in [0.2, 0.25) is 0 Å². The van der Waals surface area contributed by atoms with Gasteiger partial charge in [-0.3, -0.25) is 4.79 Å². The molecule has 6 atom stereocenters. The second kappa shape index (κ2) is 8.81. The van der Waals surface area contributed by atoms with Crippen LogP contribution in [0.3, 0.4) is 0 Å². The van der Waals surface area contributed by atoms with E-state index < -0.39 is 52.5 Å². The minimum atomic E-state index is -5.89. The maximum absolute atomic E-state index is 15.0. The van der Waals surface area contributed by atoms with Crippen LogP contribution in [0.15, 0.2) is 47.1 Å². The molecule has 0 aliphatic heterocycles. The molecule has 37 heavy (non-hydrogen) atoms. The Morgan fingerprint density at radius 2 is 1.73 bits per heavy atom. The van der Waals surface area contributed by atoms with Crippen molar-refractivity contribution in [3.8, 4) is 0 Å². The van der Waals surface area contributed by atoms with Crippen molar-refractivity contribution in [2.75, 3.05) is 0 Å². The van der Waals surface area contributed by atoms with Crippen molar-refractivity contribution in [2.45, 2.75) is 81.2 Å². The molecule has 2 fully saturated rings. The first-order valence-corrected chi connectivity index (χ1v) is 13.8. The van der Waals surface area contributed by atoms with Crippen LogP contribution in [0.4, 0.5) is 22.0 Å². The number of rotatable bonds is 4. The van der Waals surface area contributed by atoms with Crippen molar-refractivity contribution in [1.82, 2.24) is 0 Å². The Hall–Kier alpha value is -1.91. The average Bonchev–Trinajstić information content (AvgIpc) is 3.09. The molecule has 10 heteroatoms. The Bertz CT molecular complexity index is 1200. The van der Waals surface area contributed by atoms with E-state index >= 15 is 0 Å². The molecule has 0 aromatic heterocycles. The maximum atomic E-state index is 15.0. The van der Waals surface area contributed by atoms with Gasteiger partial charge in [-0.05, 0) is 78.7 Å². The fraction of sp³-hybridized carbons (Fsp3) is 0.593. The normalized spacial score (nSPS) is 35.0. The highest BCUT2D eigenvalue weighted by atomic mass is 32.2. The summed E-state index contributed by atoms with van der Waals surface area (Å²) < 4.78 is 91.2.